The summed E-state index contributed by atoms with van der Waals surface area (Å²) in [4.78, 5) is 0. The maximum absolute atomic E-state index is 5.86. The van der Waals surface area contributed by atoms with E-state index in [9.17, 15) is 0 Å². The molecule has 0 saturated heterocycles. The molecular formula is C11H14BrCl2N. The van der Waals surface area contributed by atoms with Crippen molar-refractivity contribution in [2.24, 2.45) is 0 Å². The summed E-state index contributed by atoms with van der Waals surface area (Å²) < 4.78 is 1.10. The van der Waals surface area contributed by atoms with E-state index in [0.717, 1.165) is 11.0 Å². The van der Waals surface area contributed by atoms with Gasteiger partial charge in [0.1, 0.15) is 0 Å². The fraction of sp³-hybridized carbons (Fsp3) is 0.455. The summed E-state index contributed by atoms with van der Waals surface area (Å²) in [6.07, 6.45) is 0. The molecule has 4 heteroatoms. The Balaban J connectivity index is 2.61. The van der Waals surface area contributed by atoms with Gasteiger partial charge in [-0.15, -0.1) is 23.2 Å². The molecule has 1 aromatic carbocycles. The minimum atomic E-state index is -0.210. The number of nitrogens with one attached hydrogen (secondary N) is 1. The van der Waals surface area contributed by atoms with Crippen molar-refractivity contribution in [2.45, 2.75) is 19.0 Å². The fourth-order valence-electron chi connectivity index (χ4n) is 1.08. The SMILES string of the molecule is CC(CCl)(CCl)NCc1ccccc1Br. The van der Waals surface area contributed by atoms with Crippen molar-refractivity contribution < 1.29 is 0 Å². The van der Waals surface area contributed by atoms with E-state index in [1.54, 1.807) is 0 Å². The molecule has 0 radical (unpaired) electrons. The third kappa shape index (κ3) is 3.95. The first-order valence-corrected chi connectivity index (χ1v) is 6.58. The van der Waals surface area contributed by atoms with Gasteiger partial charge in [-0.25, -0.2) is 0 Å². The number of halogens is 3. The van der Waals surface area contributed by atoms with Gasteiger partial charge in [-0.05, 0) is 18.6 Å². The smallest absolute Gasteiger partial charge is 0.0427 e. The quantitative estimate of drug-likeness (QED) is 0.816. The Morgan fingerprint density at radius 1 is 1.27 bits per heavy atom. The van der Waals surface area contributed by atoms with Crippen molar-refractivity contribution >= 4 is 39.1 Å². The van der Waals surface area contributed by atoms with Gasteiger partial charge < -0.3 is 5.32 Å². The normalized spacial score (nSPS) is 11.7. The maximum atomic E-state index is 5.86. The minimum absolute atomic E-state index is 0.210. The summed E-state index contributed by atoms with van der Waals surface area (Å²) in [6, 6.07) is 8.10. The highest BCUT2D eigenvalue weighted by Gasteiger charge is 2.21. The molecule has 15 heavy (non-hydrogen) atoms. The Bertz CT molecular complexity index is 313. The second-order valence-corrected chi connectivity index (χ2v) is 5.16. The van der Waals surface area contributed by atoms with Crippen LogP contribution in [-0.4, -0.2) is 17.3 Å². The lowest BCUT2D eigenvalue weighted by atomic mass is 10.1. The van der Waals surface area contributed by atoms with E-state index in [1.165, 1.54) is 5.56 Å². The maximum Gasteiger partial charge on any atom is 0.0427 e. The Kier molecular flexibility index (Phi) is 5.41. The molecule has 0 heterocycles. The number of hydrogen-bond acceptors (Lipinski definition) is 1. The number of alkyl halides is 2. The molecule has 0 aromatic heterocycles. The van der Waals surface area contributed by atoms with Crippen molar-refractivity contribution in [3.8, 4) is 0 Å². The Labute approximate surface area is 109 Å². The van der Waals surface area contributed by atoms with Crippen LogP contribution in [-0.2, 0) is 6.54 Å². The van der Waals surface area contributed by atoms with Gasteiger partial charge in [0, 0.05) is 28.3 Å². The van der Waals surface area contributed by atoms with E-state index >= 15 is 0 Å². The zero-order chi connectivity index (χ0) is 11.3. The molecule has 0 bridgehead atoms. The van der Waals surface area contributed by atoms with E-state index in [0.29, 0.717) is 11.8 Å². The van der Waals surface area contributed by atoms with Crippen LogP contribution < -0.4 is 5.32 Å². The van der Waals surface area contributed by atoms with Crippen LogP contribution in [0.3, 0.4) is 0 Å². The van der Waals surface area contributed by atoms with Gasteiger partial charge in [0.05, 0.1) is 0 Å². The van der Waals surface area contributed by atoms with Gasteiger partial charge in [-0.2, -0.15) is 0 Å². The third-order valence-electron chi connectivity index (χ3n) is 2.25. The molecule has 0 atom stereocenters. The molecule has 0 unspecified atom stereocenters. The summed E-state index contributed by atoms with van der Waals surface area (Å²) in [6.45, 7) is 2.78. The average molecular weight is 311 g/mol. The number of rotatable bonds is 5. The van der Waals surface area contributed by atoms with Crippen LogP contribution >= 0.6 is 39.1 Å². The zero-order valence-electron chi connectivity index (χ0n) is 8.56. The molecule has 1 N–H and O–H groups in total. The molecule has 1 aromatic rings. The first kappa shape index (κ1) is 13.3. The topological polar surface area (TPSA) is 12.0 Å². The van der Waals surface area contributed by atoms with Crippen LogP contribution in [0.1, 0.15) is 12.5 Å². The van der Waals surface area contributed by atoms with Crippen LogP contribution in [0.25, 0.3) is 0 Å². The molecule has 0 spiro atoms. The third-order valence-corrected chi connectivity index (χ3v) is 4.21. The highest BCUT2D eigenvalue weighted by Crippen LogP contribution is 2.17. The van der Waals surface area contributed by atoms with Crippen molar-refractivity contribution in [2.75, 3.05) is 11.8 Å². The second-order valence-electron chi connectivity index (χ2n) is 3.77. The van der Waals surface area contributed by atoms with Gasteiger partial charge in [-0.1, -0.05) is 34.1 Å². The van der Waals surface area contributed by atoms with Crippen LogP contribution in [0, 0.1) is 0 Å². The van der Waals surface area contributed by atoms with Crippen molar-refractivity contribution in [3.63, 3.8) is 0 Å². The first-order valence-electron chi connectivity index (χ1n) is 4.72. The standard InChI is InChI=1S/C11H14BrCl2N/c1-11(7-13,8-14)15-6-9-4-2-3-5-10(9)12/h2-5,15H,6-8H2,1H3. The van der Waals surface area contributed by atoms with E-state index in [4.69, 9.17) is 23.2 Å². The monoisotopic (exact) mass is 309 g/mol. The molecule has 1 nitrogen and oxygen atoms in total. The predicted octanol–water partition coefficient (Wildman–Crippen LogP) is 3.78. The molecule has 84 valence electrons. The summed E-state index contributed by atoms with van der Waals surface area (Å²) in [5.74, 6) is 1.00. The van der Waals surface area contributed by atoms with Crippen LogP contribution in [0.15, 0.2) is 28.7 Å². The lowest BCUT2D eigenvalue weighted by Crippen LogP contribution is -2.45. The van der Waals surface area contributed by atoms with Crippen LogP contribution in [0.5, 0.6) is 0 Å². The summed E-state index contributed by atoms with van der Waals surface area (Å²) in [5.41, 5.74) is 0.997. The van der Waals surface area contributed by atoms with Gasteiger partial charge in [0.25, 0.3) is 0 Å². The molecule has 0 fully saturated rings. The van der Waals surface area contributed by atoms with E-state index in [1.807, 2.05) is 25.1 Å². The van der Waals surface area contributed by atoms with Gasteiger partial charge in [-0.3, -0.25) is 0 Å². The van der Waals surface area contributed by atoms with Crippen LogP contribution in [0.2, 0.25) is 0 Å². The lowest BCUT2D eigenvalue weighted by Gasteiger charge is -2.26. The van der Waals surface area contributed by atoms with E-state index in [-0.39, 0.29) is 5.54 Å². The molecule has 0 aliphatic heterocycles. The zero-order valence-corrected chi connectivity index (χ0v) is 11.7. The van der Waals surface area contributed by atoms with Gasteiger partial charge in [0.15, 0.2) is 0 Å². The summed E-state index contributed by atoms with van der Waals surface area (Å²) in [7, 11) is 0. The average Bonchev–Trinajstić information content (AvgIpc) is 2.28. The van der Waals surface area contributed by atoms with Gasteiger partial charge in [0.2, 0.25) is 0 Å². The second kappa shape index (κ2) is 6.09. The molecule has 0 aliphatic carbocycles. The van der Waals surface area contributed by atoms with Crippen LogP contribution in [0.4, 0.5) is 0 Å². The summed E-state index contributed by atoms with van der Waals surface area (Å²) >= 11 is 15.2. The number of benzene rings is 1. The fourth-order valence-corrected chi connectivity index (χ4v) is 1.98. The summed E-state index contributed by atoms with van der Waals surface area (Å²) in [5, 5.41) is 3.36. The molecular weight excluding hydrogens is 297 g/mol. The highest BCUT2D eigenvalue weighted by molar-refractivity contribution is 9.10. The molecule has 0 amide bonds. The lowest BCUT2D eigenvalue weighted by molar-refractivity contribution is 0.434. The van der Waals surface area contributed by atoms with Crippen molar-refractivity contribution in [3.05, 3.63) is 34.3 Å². The molecule has 1 rings (SSSR count). The highest BCUT2D eigenvalue weighted by atomic mass is 79.9. The minimum Gasteiger partial charge on any atom is -0.305 e. The Morgan fingerprint density at radius 3 is 2.40 bits per heavy atom. The van der Waals surface area contributed by atoms with Crippen molar-refractivity contribution in [1.82, 2.24) is 5.32 Å². The van der Waals surface area contributed by atoms with Crippen molar-refractivity contribution in [1.29, 1.82) is 0 Å². The molecule has 0 saturated carbocycles. The number of hydrogen-bond donors (Lipinski definition) is 1. The first-order chi connectivity index (χ1) is 7.11. The largest absolute Gasteiger partial charge is 0.305 e. The van der Waals surface area contributed by atoms with E-state index < -0.39 is 0 Å². The predicted molar refractivity (Wildman–Crippen MR) is 70.8 cm³/mol. The van der Waals surface area contributed by atoms with E-state index in [2.05, 4.69) is 27.3 Å². The Morgan fingerprint density at radius 2 is 1.87 bits per heavy atom. The Hall–Kier alpha value is 0.240. The van der Waals surface area contributed by atoms with Gasteiger partial charge >= 0.3 is 0 Å². The molecule has 0 aliphatic rings.